The molecular formula is C12H19N5O4. The first kappa shape index (κ1) is 15.3. The molecule has 0 fully saturated rings. The predicted octanol–water partition coefficient (Wildman–Crippen LogP) is -1.87. The molecule has 116 valence electrons. The fraction of sp³-hybridized carbons (Fsp3) is 0.583. The molecule has 0 radical (unpaired) electrons. The number of aryl methyl sites for hydroxylation is 2. The van der Waals surface area contributed by atoms with Gasteiger partial charge in [0.1, 0.15) is 0 Å². The summed E-state index contributed by atoms with van der Waals surface area (Å²) in [6.45, 7) is -0.261. The summed E-state index contributed by atoms with van der Waals surface area (Å²) in [7, 11) is 4.60. The Hall–Kier alpha value is -2.13. The molecule has 0 aliphatic heterocycles. The van der Waals surface area contributed by atoms with E-state index in [1.54, 1.807) is 7.05 Å². The fourth-order valence-corrected chi connectivity index (χ4v) is 2.20. The van der Waals surface area contributed by atoms with Crippen LogP contribution in [0, 0.1) is 0 Å². The molecule has 0 bridgehead atoms. The van der Waals surface area contributed by atoms with E-state index in [2.05, 4.69) is 10.3 Å². The van der Waals surface area contributed by atoms with Crippen LogP contribution in [0.4, 0.5) is 5.95 Å². The maximum absolute atomic E-state index is 12.2. The molecule has 0 aliphatic rings. The molecular weight excluding hydrogens is 278 g/mol. The maximum atomic E-state index is 12.2. The minimum Gasteiger partial charge on any atom is -0.396 e. The molecule has 3 N–H and O–H groups in total. The average Bonchev–Trinajstić information content (AvgIpc) is 2.79. The first-order valence-electron chi connectivity index (χ1n) is 6.53. The molecule has 2 heterocycles. The van der Waals surface area contributed by atoms with Crippen molar-refractivity contribution in [3.8, 4) is 0 Å². The Morgan fingerprint density at radius 2 is 1.81 bits per heavy atom. The van der Waals surface area contributed by atoms with Crippen molar-refractivity contribution in [3.63, 3.8) is 0 Å². The number of hydrogen-bond acceptors (Lipinski definition) is 6. The van der Waals surface area contributed by atoms with Crippen LogP contribution >= 0.6 is 0 Å². The van der Waals surface area contributed by atoms with Crippen LogP contribution in [0.3, 0.4) is 0 Å². The smallest absolute Gasteiger partial charge is 0.332 e. The minimum atomic E-state index is -0.453. The molecule has 0 unspecified atom stereocenters. The number of nitrogens with zero attached hydrogens (tertiary/aromatic N) is 4. The van der Waals surface area contributed by atoms with Crippen LogP contribution in [0.5, 0.6) is 0 Å². The SMILES string of the molecule is Cn1c(=O)c2c(nc(N[C@H](CO)CCO)n2C)n(C)c1=O. The Morgan fingerprint density at radius 3 is 2.38 bits per heavy atom. The summed E-state index contributed by atoms with van der Waals surface area (Å²) in [6, 6.07) is -0.383. The van der Waals surface area contributed by atoms with Gasteiger partial charge in [0.05, 0.1) is 12.6 Å². The normalized spacial score (nSPS) is 12.8. The van der Waals surface area contributed by atoms with E-state index < -0.39 is 11.2 Å². The Morgan fingerprint density at radius 1 is 1.14 bits per heavy atom. The van der Waals surface area contributed by atoms with Gasteiger partial charge in [-0.25, -0.2) is 4.79 Å². The highest BCUT2D eigenvalue weighted by molar-refractivity contribution is 5.74. The van der Waals surface area contributed by atoms with Crippen LogP contribution in [-0.2, 0) is 21.1 Å². The van der Waals surface area contributed by atoms with Gasteiger partial charge in [-0.15, -0.1) is 0 Å². The number of rotatable bonds is 5. The summed E-state index contributed by atoms with van der Waals surface area (Å²) >= 11 is 0. The van der Waals surface area contributed by atoms with Crippen LogP contribution in [0.1, 0.15) is 6.42 Å². The number of nitrogens with one attached hydrogen (secondary N) is 1. The zero-order valence-corrected chi connectivity index (χ0v) is 12.2. The van der Waals surface area contributed by atoms with Crippen molar-refractivity contribution in [1.29, 1.82) is 0 Å². The number of aromatic nitrogens is 4. The van der Waals surface area contributed by atoms with Crippen molar-refractivity contribution in [2.24, 2.45) is 21.1 Å². The van der Waals surface area contributed by atoms with Gasteiger partial charge in [-0.2, -0.15) is 4.98 Å². The number of aliphatic hydroxyl groups excluding tert-OH is 2. The summed E-state index contributed by atoms with van der Waals surface area (Å²) in [5.41, 5.74) is -0.318. The molecule has 0 saturated carbocycles. The first-order chi connectivity index (χ1) is 9.92. The third-order valence-corrected chi connectivity index (χ3v) is 3.51. The standard InChI is InChI=1S/C12H19N5O4/c1-15-8-9(16(2)12(21)17(3)10(8)20)14-11(15)13-7(6-19)4-5-18/h7,18-19H,4-6H2,1-3H3,(H,13,14)/t7-/m0/s1. The molecule has 0 aliphatic carbocycles. The van der Waals surface area contributed by atoms with E-state index in [-0.39, 0.29) is 24.9 Å². The zero-order chi connectivity index (χ0) is 15.7. The van der Waals surface area contributed by atoms with Crippen LogP contribution < -0.4 is 16.6 Å². The lowest BCUT2D eigenvalue weighted by Crippen LogP contribution is -2.37. The fourth-order valence-electron chi connectivity index (χ4n) is 2.20. The van der Waals surface area contributed by atoms with Crippen LogP contribution in [-0.4, -0.2) is 48.2 Å². The number of anilines is 1. The van der Waals surface area contributed by atoms with Crippen LogP contribution in [0.2, 0.25) is 0 Å². The maximum Gasteiger partial charge on any atom is 0.332 e. The van der Waals surface area contributed by atoms with Crippen molar-refractivity contribution >= 4 is 17.1 Å². The second-order valence-electron chi connectivity index (χ2n) is 4.91. The summed E-state index contributed by atoms with van der Waals surface area (Å²) in [6.07, 6.45) is 0.344. The van der Waals surface area contributed by atoms with E-state index in [4.69, 9.17) is 5.11 Å². The van der Waals surface area contributed by atoms with Crippen molar-refractivity contribution < 1.29 is 10.2 Å². The van der Waals surface area contributed by atoms with Gasteiger partial charge in [-0.05, 0) is 6.42 Å². The third-order valence-electron chi connectivity index (χ3n) is 3.51. The van der Waals surface area contributed by atoms with Crippen molar-refractivity contribution in [1.82, 2.24) is 18.7 Å². The highest BCUT2D eigenvalue weighted by Gasteiger charge is 2.18. The summed E-state index contributed by atoms with van der Waals surface area (Å²) in [5, 5.41) is 21.1. The summed E-state index contributed by atoms with van der Waals surface area (Å²) in [5.74, 6) is 0.357. The lowest BCUT2D eigenvalue weighted by atomic mass is 10.2. The number of fused-ring (bicyclic) bond motifs is 1. The summed E-state index contributed by atoms with van der Waals surface area (Å²) < 4.78 is 3.85. The lowest BCUT2D eigenvalue weighted by molar-refractivity contribution is 0.228. The predicted molar refractivity (Wildman–Crippen MR) is 77.4 cm³/mol. The first-order valence-corrected chi connectivity index (χ1v) is 6.53. The van der Waals surface area contributed by atoms with E-state index in [1.807, 2.05) is 0 Å². The van der Waals surface area contributed by atoms with Gasteiger partial charge >= 0.3 is 5.69 Å². The van der Waals surface area contributed by atoms with Gasteiger partial charge in [-0.1, -0.05) is 0 Å². The number of hydrogen-bond donors (Lipinski definition) is 3. The molecule has 2 aromatic heterocycles. The van der Waals surface area contributed by atoms with Crippen LogP contribution in [0.25, 0.3) is 11.2 Å². The number of imidazole rings is 1. The molecule has 0 saturated heterocycles. The molecule has 2 aromatic rings. The summed E-state index contributed by atoms with van der Waals surface area (Å²) in [4.78, 5) is 28.3. The lowest BCUT2D eigenvalue weighted by Gasteiger charge is -2.15. The second kappa shape index (κ2) is 5.70. The molecule has 21 heavy (non-hydrogen) atoms. The van der Waals surface area contributed by atoms with Gasteiger partial charge in [-0.3, -0.25) is 13.9 Å². The third kappa shape index (κ3) is 2.45. The molecule has 0 amide bonds. The van der Waals surface area contributed by atoms with Crippen LogP contribution in [0.15, 0.2) is 9.59 Å². The highest BCUT2D eigenvalue weighted by atomic mass is 16.3. The van der Waals surface area contributed by atoms with Crippen molar-refractivity contribution in [2.45, 2.75) is 12.5 Å². The van der Waals surface area contributed by atoms with E-state index in [1.165, 1.54) is 23.2 Å². The van der Waals surface area contributed by atoms with Gasteiger partial charge in [0.25, 0.3) is 5.56 Å². The average molecular weight is 297 g/mol. The topological polar surface area (TPSA) is 114 Å². The quantitative estimate of drug-likeness (QED) is 0.595. The zero-order valence-electron chi connectivity index (χ0n) is 12.2. The van der Waals surface area contributed by atoms with Gasteiger partial charge in [0.15, 0.2) is 11.2 Å². The Bertz CT molecular complexity index is 773. The monoisotopic (exact) mass is 297 g/mol. The van der Waals surface area contributed by atoms with E-state index in [0.29, 0.717) is 17.9 Å². The Labute approximate surface area is 120 Å². The Kier molecular flexibility index (Phi) is 4.14. The van der Waals surface area contributed by atoms with Crippen molar-refractivity contribution in [2.75, 3.05) is 18.5 Å². The minimum absolute atomic E-state index is 0.0809. The van der Waals surface area contributed by atoms with Crippen molar-refractivity contribution in [3.05, 3.63) is 20.8 Å². The second-order valence-corrected chi connectivity index (χ2v) is 4.91. The molecule has 1 atom stereocenters. The molecule has 0 aromatic carbocycles. The van der Waals surface area contributed by atoms with E-state index >= 15 is 0 Å². The van der Waals surface area contributed by atoms with E-state index in [9.17, 15) is 14.7 Å². The van der Waals surface area contributed by atoms with E-state index in [0.717, 1.165) is 4.57 Å². The van der Waals surface area contributed by atoms with Gasteiger partial charge < -0.3 is 20.1 Å². The van der Waals surface area contributed by atoms with Gasteiger partial charge in [0.2, 0.25) is 5.95 Å². The Balaban J connectivity index is 2.61. The molecule has 9 heteroatoms. The number of aliphatic hydroxyl groups is 2. The molecule has 9 nitrogen and oxygen atoms in total. The molecule has 2 rings (SSSR count). The molecule has 0 spiro atoms. The largest absolute Gasteiger partial charge is 0.396 e. The van der Waals surface area contributed by atoms with Gasteiger partial charge in [0, 0.05) is 27.7 Å². The highest BCUT2D eigenvalue weighted by Crippen LogP contribution is 2.14.